The van der Waals surface area contributed by atoms with E-state index in [-0.39, 0.29) is 5.54 Å². The third-order valence-corrected chi connectivity index (χ3v) is 1.78. The van der Waals surface area contributed by atoms with Crippen molar-refractivity contribution >= 4 is 0 Å². The quantitative estimate of drug-likeness (QED) is 0.577. The maximum atomic E-state index is 5.83. The molecule has 0 saturated heterocycles. The standard InChI is InChI=1S/C9H22N2/c1-9(2,11)7-5-3-4-6-8-10/h3-8,10-11H2,1-2H3. The molecule has 2 heteroatoms. The summed E-state index contributed by atoms with van der Waals surface area (Å²) in [6.45, 7) is 4.98. The smallest absolute Gasteiger partial charge is 0.00970 e. The molecule has 0 amide bonds. The van der Waals surface area contributed by atoms with Crippen molar-refractivity contribution in [3.63, 3.8) is 0 Å². The Morgan fingerprint density at radius 1 is 1.00 bits per heavy atom. The van der Waals surface area contributed by atoms with E-state index < -0.39 is 0 Å². The van der Waals surface area contributed by atoms with Gasteiger partial charge in [-0.15, -0.1) is 0 Å². The second kappa shape index (κ2) is 5.56. The summed E-state index contributed by atoms with van der Waals surface area (Å²) in [6, 6.07) is 0. The Hall–Kier alpha value is -0.0800. The first-order valence-corrected chi connectivity index (χ1v) is 4.55. The predicted octanol–water partition coefficient (Wildman–Crippen LogP) is 1.63. The molecule has 0 aliphatic rings. The molecule has 0 bridgehead atoms. The Morgan fingerprint density at radius 3 is 2.00 bits per heavy atom. The molecule has 68 valence electrons. The van der Waals surface area contributed by atoms with Crippen molar-refractivity contribution in [2.24, 2.45) is 11.5 Å². The first kappa shape index (κ1) is 10.9. The molecule has 0 aromatic heterocycles. The van der Waals surface area contributed by atoms with Gasteiger partial charge in [0.1, 0.15) is 0 Å². The van der Waals surface area contributed by atoms with Crippen LogP contribution in [0.15, 0.2) is 0 Å². The fourth-order valence-electron chi connectivity index (χ4n) is 1.08. The molecule has 0 rings (SSSR count). The molecular weight excluding hydrogens is 136 g/mol. The van der Waals surface area contributed by atoms with E-state index in [9.17, 15) is 0 Å². The molecule has 0 unspecified atom stereocenters. The van der Waals surface area contributed by atoms with Gasteiger partial charge in [0.2, 0.25) is 0 Å². The molecule has 4 N–H and O–H groups in total. The molecule has 2 nitrogen and oxygen atoms in total. The van der Waals surface area contributed by atoms with Crippen LogP contribution in [0.3, 0.4) is 0 Å². The monoisotopic (exact) mass is 158 g/mol. The van der Waals surface area contributed by atoms with Crippen molar-refractivity contribution in [3.8, 4) is 0 Å². The highest BCUT2D eigenvalue weighted by Gasteiger charge is 2.08. The van der Waals surface area contributed by atoms with Crippen LogP contribution in [0.2, 0.25) is 0 Å². The highest BCUT2D eigenvalue weighted by atomic mass is 14.7. The lowest BCUT2D eigenvalue weighted by atomic mass is 9.98. The number of hydrogen-bond donors (Lipinski definition) is 2. The Kier molecular flexibility index (Phi) is 5.51. The molecule has 0 fully saturated rings. The third-order valence-electron chi connectivity index (χ3n) is 1.78. The topological polar surface area (TPSA) is 52.0 Å². The van der Waals surface area contributed by atoms with Crippen LogP contribution < -0.4 is 11.5 Å². The van der Waals surface area contributed by atoms with E-state index >= 15 is 0 Å². The molecule has 0 aromatic carbocycles. The van der Waals surface area contributed by atoms with Crippen molar-refractivity contribution in [1.29, 1.82) is 0 Å². The van der Waals surface area contributed by atoms with Crippen LogP contribution in [-0.2, 0) is 0 Å². The third kappa shape index (κ3) is 9.92. The summed E-state index contributed by atoms with van der Waals surface area (Å²) in [5.74, 6) is 0. The number of hydrogen-bond acceptors (Lipinski definition) is 2. The number of nitrogens with two attached hydrogens (primary N) is 2. The van der Waals surface area contributed by atoms with E-state index in [0.717, 1.165) is 19.4 Å². The zero-order valence-corrected chi connectivity index (χ0v) is 7.90. The summed E-state index contributed by atoms with van der Waals surface area (Å²) in [4.78, 5) is 0. The van der Waals surface area contributed by atoms with E-state index in [1.165, 1.54) is 19.3 Å². The molecule has 0 atom stereocenters. The summed E-state index contributed by atoms with van der Waals surface area (Å²) in [6.07, 6.45) is 6.05. The van der Waals surface area contributed by atoms with Gasteiger partial charge in [-0.2, -0.15) is 0 Å². The predicted molar refractivity (Wildman–Crippen MR) is 50.4 cm³/mol. The Bertz CT molecular complexity index is 84.1. The van der Waals surface area contributed by atoms with Crippen molar-refractivity contribution in [3.05, 3.63) is 0 Å². The Labute approximate surface area is 70.3 Å². The molecule has 11 heavy (non-hydrogen) atoms. The molecule has 0 aliphatic heterocycles. The van der Waals surface area contributed by atoms with Crippen LogP contribution in [0, 0.1) is 0 Å². The molecular formula is C9H22N2. The lowest BCUT2D eigenvalue weighted by molar-refractivity contribution is 0.444. The molecule has 0 aliphatic carbocycles. The van der Waals surface area contributed by atoms with E-state index in [0.29, 0.717) is 0 Å². The SMILES string of the molecule is CC(C)(N)CCCCCCN. The largest absolute Gasteiger partial charge is 0.330 e. The summed E-state index contributed by atoms with van der Waals surface area (Å²) < 4.78 is 0. The number of rotatable bonds is 6. The second-order valence-electron chi connectivity index (χ2n) is 3.94. The first-order valence-electron chi connectivity index (χ1n) is 4.55. The second-order valence-corrected chi connectivity index (χ2v) is 3.94. The van der Waals surface area contributed by atoms with Gasteiger partial charge in [0, 0.05) is 5.54 Å². The normalized spacial score (nSPS) is 12.0. The highest BCUT2D eigenvalue weighted by Crippen LogP contribution is 2.10. The zero-order valence-electron chi connectivity index (χ0n) is 7.90. The van der Waals surface area contributed by atoms with Gasteiger partial charge in [0.05, 0.1) is 0 Å². The summed E-state index contributed by atoms with van der Waals surface area (Å²) in [7, 11) is 0. The van der Waals surface area contributed by atoms with E-state index in [4.69, 9.17) is 11.5 Å². The van der Waals surface area contributed by atoms with Gasteiger partial charge >= 0.3 is 0 Å². The maximum Gasteiger partial charge on any atom is 0.00970 e. The zero-order chi connectivity index (χ0) is 8.74. The summed E-state index contributed by atoms with van der Waals surface area (Å²) in [5, 5.41) is 0. The Balaban J connectivity index is 3.02. The van der Waals surface area contributed by atoms with Gasteiger partial charge in [0.15, 0.2) is 0 Å². The van der Waals surface area contributed by atoms with E-state index in [1.54, 1.807) is 0 Å². The van der Waals surface area contributed by atoms with Crippen molar-refractivity contribution in [1.82, 2.24) is 0 Å². The summed E-state index contributed by atoms with van der Waals surface area (Å²) >= 11 is 0. The van der Waals surface area contributed by atoms with Crippen LogP contribution in [0.25, 0.3) is 0 Å². The fraction of sp³-hybridized carbons (Fsp3) is 1.00. The maximum absolute atomic E-state index is 5.83. The minimum absolute atomic E-state index is 0.0166. The van der Waals surface area contributed by atoms with Crippen LogP contribution in [0.4, 0.5) is 0 Å². The molecule has 0 aromatic rings. The fourth-order valence-corrected chi connectivity index (χ4v) is 1.08. The van der Waals surface area contributed by atoms with Gasteiger partial charge in [-0.3, -0.25) is 0 Å². The van der Waals surface area contributed by atoms with Gasteiger partial charge in [-0.05, 0) is 33.2 Å². The van der Waals surface area contributed by atoms with Gasteiger partial charge in [-0.25, -0.2) is 0 Å². The van der Waals surface area contributed by atoms with Crippen LogP contribution in [0.5, 0.6) is 0 Å². The molecule has 0 spiro atoms. The minimum Gasteiger partial charge on any atom is -0.330 e. The highest BCUT2D eigenvalue weighted by molar-refractivity contribution is 4.70. The van der Waals surface area contributed by atoms with Crippen LogP contribution in [-0.4, -0.2) is 12.1 Å². The lowest BCUT2D eigenvalue weighted by Gasteiger charge is -2.17. The van der Waals surface area contributed by atoms with E-state index in [1.807, 2.05) is 0 Å². The average molecular weight is 158 g/mol. The van der Waals surface area contributed by atoms with E-state index in [2.05, 4.69) is 13.8 Å². The van der Waals surface area contributed by atoms with Crippen molar-refractivity contribution in [2.45, 2.75) is 51.5 Å². The average Bonchev–Trinajstić information content (AvgIpc) is 1.85. The molecule has 0 saturated carbocycles. The van der Waals surface area contributed by atoms with Gasteiger partial charge in [-0.1, -0.05) is 19.3 Å². The first-order chi connectivity index (χ1) is 5.06. The minimum atomic E-state index is 0.0166. The number of unbranched alkanes of at least 4 members (excludes halogenated alkanes) is 3. The molecule has 0 radical (unpaired) electrons. The van der Waals surface area contributed by atoms with Gasteiger partial charge in [0.25, 0.3) is 0 Å². The van der Waals surface area contributed by atoms with Gasteiger partial charge < -0.3 is 11.5 Å². The van der Waals surface area contributed by atoms with Crippen LogP contribution in [0.1, 0.15) is 46.0 Å². The Morgan fingerprint density at radius 2 is 1.55 bits per heavy atom. The molecule has 0 heterocycles. The van der Waals surface area contributed by atoms with Crippen LogP contribution >= 0.6 is 0 Å². The lowest BCUT2D eigenvalue weighted by Crippen LogP contribution is -2.31. The van der Waals surface area contributed by atoms with Crippen molar-refractivity contribution < 1.29 is 0 Å². The van der Waals surface area contributed by atoms with Crippen molar-refractivity contribution in [2.75, 3.05) is 6.54 Å². The summed E-state index contributed by atoms with van der Waals surface area (Å²) in [5.41, 5.74) is 11.2.